The van der Waals surface area contributed by atoms with Crippen molar-refractivity contribution >= 4 is 10.8 Å². The maximum atomic E-state index is 11.5. The summed E-state index contributed by atoms with van der Waals surface area (Å²) >= 11 is 0. The number of hydrogen-bond donors (Lipinski definition) is 2. The Morgan fingerprint density at radius 1 is 1.50 bits per heavy atom. The molecule has 2 atom stereocenters. The van der Waals surface area contributed by atoms with Gasteiger partial charge in [0.1, 0.15) is 0 Å². The van der Waals surface area contributed by atoms with Gasteiger partial charge < -0.3 is 10.4 Å². The standard InChI is InChI=1S/C8H19NO2S/c1-8(2,3)12(11)6-7(10)5-9-4/h7,9-10H,5-6H2,1-4H3. The minimum Gasteiger partial charge on any atom is -0.391 e. The number of hydrogen-bond acceptors (Lipinski definition) is 3. The first-order chi connectivity index (χ1) is 5.38. The first-order valence-electron chi connectivity index (χ1n) is 4.09. The van der Waals surface area contributed by atoms with Crippen LogP contribution in [0.1, 0.15) is 20.8 Å². The van der Waals surface area contributed by atoms with Crippen LogP contribution in [0, 0.1) is 0 Å². The van der Waals surface area contributed by atoms with E-state index in [2.05, 4.69) is 5.32 Å². The summed E-state index contributed by atoms with van der Waals surface area (Å²) in [6, 6.07) is 0. The Morgan fingerprint density at radius 3 is 2.33 bits per heavy atom. The number of likely N-dealkylation sites (N-methyl/N-ethyl adjacent to an activating group) is 1. The second-order valence-electron chi connectivity index (χ2n) is 3.84. The Morgan fingerprint density at radius 2 is 2.00 bits per heavy atom. The van der Waals surface area contributed by atoms with Crippen LogP contribution < -0.4 is 5.32 Å². The van der Waals surface area contributed by atoms with Crippen LogP contribution in [0.25, 0.3) is 0 Å². The molecule has 0 aliphatic carbocycles. The second-order valence-corrected chi connectivity index (χ2v) is 6.09. The molecule has 0 aromatic heterocycles. The fourth-order valence-corrected chi connectivity index (χ4v) is 1.69. The minimum absolute atomic E-state index is 0.227. The van der Waals surface area contributed by atoms with Gasteiger partial charge in [-0.3, -0.25) is 4.21 Å². The van der Waals surface area contributed by atoms with E-state index in [1.807, 2.05) is 20.8 Å². The van der Waals surface area contributed by atoms with E-state index in [4.69, 9.17) is 0 Å². The van der Waals surface area contributed by atoms with Gasteiger partial charge in [0.15, 0.2) is 0 Å². The van der Waals surface area contributed by atoms with Gasteiger partial charge in [0.25, 0.3) is 0 Å². The van der Waals surface area contributed by atoms with Crippen LogP contribution in [-0.2, 0) is 10.8 Å². The van der Waals surface area contributed by atoms with E-state index in [1.54, 1.807) is 7.05 Å². The lowest BCUT2D eigenvalue weighted by Crippen LogP contribution is -2.34. The summed E-state index contributed by atoms with van der Waals surface area (Å²) in [5.41, 5.74) is 0. The molecule has 0 aromatic carbocycles. The molecule has 4 heteroatoms. The average Bonchev–Trinajstić information content (AvgIpc) is 1.85. The molecule has 2 unspecified atom stereocenters. The summed E-state index contributed by atoms with van der Waals surface area (Å²) < 4.78 is 11.2. The molecule has 74 valence electrons. The van der Waals surface area contributed by atoms with Crippen LogP contribution in [0.4, 0.5) is 0 Å². The first-order valence-corrected chi connectivity index (χ1v) is 5.41. The van der Waals surface area contributed by atoms with E-state index in [0.717, 1.165) is 0 Å². The summed E-state index contributed by atoms with van der Waals surface area (Å²) in [4.78, 5) is 0. The molecule has 0 aliphatic heterocycles. The van der Waals surface area contributed by atoms with Gasteiger partial charge in [0, 0.05) is 22.1 Å². The van der Waals surface area contributed by atoms with Crippen LogP contribution in [0.15, 0.2) is 0 Å². The van der Waals surface area contributed by atoms with Crippen molar-refractivity contribution in [3.8, 4) is 0 Å². The molecular weight excluding hydrogens is 174 g/mol. The molecule has 0 saturated heterocycles. The van der Waals surface area contributed by atoms with Crippen molar-refractivity contribution in [3.05, 3.63) is 0 Å². The Bertz CT molecular complexity index is 154. The van der Waals surface area contributed by atoms with Gasteiger partial charge in [-0.2, -0.15) is 0 Å². The van der Waals surface area contributed by atoms with Crippen molar-refractivity contribution in [2.24, 2.45) is 0 Å². The highest BCUT2D eigenvalue weighted by Gasteiger charge is 2.21. The Hall–Kier alpha value is 0.0700. The molecule has 0 radical (unpaired) electrons. The lowest BCUT2D eigenvalue weighted by Gasteiger charge is -2.19. The SMILES string of the molecule is CNCC(O)CS(=O)C(C)(C)C. The van der Waals surface area contributed by atoms with Gasteiger partial charge in [-0.25, -0.2) is 0 Å². The quantitative estimate of drug-likeness (QED) is 0.666. The summed E-state index contributed by atoms with van der Waals surface area (Å²) in [5.74, 6) is 0.352. The summed E-state index contributed by atoms with van der Waals surface area (Å²) in [5, 5.41) is 12.2. The molecule has 0 rings (SSSR count). The number of rotatable bonds is 4. The maximum absolute atomic E-state index is 11.5. The molecule has 0 heterocycles. The molecule has 0 aliphatic rings. The third-order valence-electron chi connectivity index (χ3n) is 1.47. The maximum Gasteiger partial charge on any atom is 0.0779 e. The summed E-state index contributed by atoms with van der Waals surface area (Å²) in [7, 11) is 0.808. The summed E-state index contributed by atoms with van der Waals surface area (Å²) in [6.07, 6.45) is -0.505. The minimum atomic E-state index is -0.959. The van der Waals surface area contributed by atoms with Gasteiger partial charge in [0.05, 0.1) is 11.9 Å². The summed E-state index contributed by atoms with van der Waals surface area (Å²) in [6.45, 7) is 6.24. The van der Waals surface area contributed by atoms with Crippen LogP contribution in [0.2, 0.25) is 0 Å². The highest BCUT2D eigenvalue weighted by Crippen LogP contribution is 2.11. The molecular formula is C8H19NO2S. The lowest BCUT2D eigenvalue weighted by atomic mass is 10.3. The zero-order chi connectivity index (χ0) is 9.78. The molecule has 0 spiro atoms. The fourth-order valence-electron chi connectivity index (χ4n) is 0.719. The van der Waals surface area contributed by atoms with Crippen molar-refractivity contribution in [1.29, 1.82) is 0 Å². The molecule has 12 heavy (non-hydrogen) atoms. The van der Waals surface area contributed by atoms with E-state index in [9.17, 15) is 9.32 Å². The van der Waals surface area contributed by atoms with Crippen molar-refractivity contribution in [2.75, 3.05) is 19.3 Å². The largest absolute Gasteiger partial charge is 0.391 e. The van der Waals surface area contributed by atoms with E-state index >= 15 is 0 Å². The van der Waals surface area contributed by atoms with Crippen molar-refractivity contribution < 1.29 is 9.32 Å². The van der Waals surface area contributed by atoms with Crippen molar-refractivity contribution in [1.82, 2.24) is 5.32 Å². The molecule has 2 N–H and O–H groups in total. The zero-order valence-electron chi connectivity index (χ0n) is 8.26. The van der Waals surface area contributed by atoms with Gasteiger partial charge in [-0.15, -0.1) is 0 Å². The van der Waals surface area contributed by atoms with Crippen LogP contribution in [0.5, 0.6) is 0 Å². The van der Waals surface area contributed by atoms with E-state index in [-0.39, 0.29) is 4.75 Å². The first kappa shape index (κ1) is 12.1. The molecule has 0 saturated carbocycles. The molecule has 3 nitrogen and oxygen atoms in total. The molecule has 0 aromatic rings. The van der Waals surface area contributed by atoms with Crippen molar-refractivity contribution in [2.45, 2.75) is 31.6 Å². The van der Waals surface area contributed by atoms with Gasteiger partial charge in [-0.05, 0) is 27.8 Å². The topological polar surface area (TPSA) is 49.3 Å². The third-order valence-corrected chi connectivity index (χ3v) is 3.52. The van der Waals surface area contributed by atoms with Crippen LogP contribution in [0.3, 0.4) is 0 Å². The highest BCUT2D eigenvalue weighted by atomic mass is 32.2. The lowest BCUT2D eigenvalue weighted by molar-refractivity contribution is 0.197. The Kier molecular flexibility index (Phi) is 4.97. The van der Waals surface area contributed by atoms with E-state index < -0.39 is 16.9 Å². The number of aliphatic hydroxyl groups is 1. The second kappa shape index (κ2) is 4.94. The monoisotopic (exact) mass is 193 g/mol. The van der Waals surface area contributed by atoms with Gasteiger partial charge >= 0.3 is 0 Å². The predicted octanol–water partition coefficient (Wildman–Crippen LogP) is 0.114. The van der Waals surface area contributed by atoms with Gasteiger partial charge in [0.2, 0.25) is 0 Å². The van der Waals surface area contributed by atoms with Crippen molar-refractivity contribution in [3.63, 3.8) is 0 Å². The number of nitrogens with one attached hydrogen (secondary N) is 1. The van der Waals surface area contributed by atoms with E-state index in [0.29, 0.717) is 12.3 Å². The fraction of sp³-hybridized carbons (Fsp3) is 1.00. The Balaban J connectivity index is 3.85. The van der Waals surface area contributed by atoms with Gasteiger partial charge in [-0.1, -0.05) is 0 Å². The molecule has 0 amide bonds. The predicted molar refractivity (Wildman–Crippen MR) is 52.7 cm³/mol. The van der Waals surface area contributed by atoms with E-state index in [1.165, 1.54) is 0 Å². The van der Waals surface area contributed by atoms with Crippen LogP contribution in [-0.4, -0.2) is 39.5 Å². The molecule has 0 bridgehead atoms. The Labute approximate surface area is 77.0 Å². The van der Waals surface area contributed by atoms with Crippen LogP contribution >= 0.6 is 0 Å². The molecule has 0 fully saturated rings. The number of aliphatic hydroxyl groups excluding tert-OH is 1. The third kappa shape index (κ3) is 4.85. The normalized spacial score (nSPS) is 17.4. The highest BCUT2D eigenvalue weighted by molar-refractivity contribution is 7.86. The zero-order valence-corrected chi connectivity index (χ0v) is 9.07. The average molecular weight is 193 g/mol. The smallest absolute Gasteiger partial charge is 0.0779 e.